The van der Waals surface area contributed by atoms with Crippen LogP contribution in [0.2, 0.25) is 0 Å². The monoisotopic (exact) mass is 188 g/mol. The van der Waals surface area contributed by atoms with Gasteiger partial charge in [-0.05, 0) is 6.26 Å². The first-order chi connectivity index (χ1) is 5.74. The third-order valence-corrected chi connectivity index (χ3v) is 2.75. The van der Waals surface area contributed by atoms with E-state index in [9.17, 15) is 4.79 Å². The second-order valence-electron chi connectivity index (χ2n) is 3.10. The topological polar surface area (TPSA) is 23.6 Å². The summed E-state index contributed by atoms with van der Waals surface area (Å²) in [7, 11) is 1.88. The van der Waals surface area contributed by atoms with Crippen molar-refractivity contribution in [1.29, 1.82) is 0 Å². The quantitative estimate of drug-likeness (QED) is 0.629. The highest BCUT2D eigenvalue weighted by Gasteiger charge is 2.16. The molecule has 1 fully saturated rings. The number of carbonyl (C=O) groups is 1. The van der Waals surface area contributed by atoms with Crippen LogP contribution in [0.15, 0.2) is 0 Å². The van der Waals surface area contributed by atoms with E-state index in [2.05, 4.69) is 11.2 Å². The second kappa shape index (κ2) is 4.72. The van der Waals surface area contributed by atoms with Crippen LogP contribution < -0.4 is 0 Å². The van der Waals surface area contributed by atoms with Crippen molar-refractivity contribution in [2.75, 3.05) is 38.8 Å². The van der Waals surface area contributed by atoms with Gasteiger partial charge in [0.15, 0.2) is 0 Å². The van der Waals surface area contributed by atoms with Crippen LogP contribution in [-0.4, -0.2) is 54.5 Å². The van der Waals surface area contributed by atoms with Crippen molar-refractivity contribution in [3.05, 3.63) is 0 Å². The number of carbonyl (C=O) groups excluding carboxylic acids is 1. The maximum absolute atomic E-state index is 11.3. The molecule has 0 aromatic rings. The van der Waals surface area contributed by atoms with Gasteiger partial charge in [0.2, 0.25) is 5.91 Å². The largest absolute Gasteiger partial charge is 0.344 e. The highest BCUT2D eigenvalue weighted by Crippen LogP contribution is 2.05. The van der Waals surface area contributed by atoms with Gasteiger partial charge < -0.3 is 4.90 Å². The molecule has 0 saturated carbocycles. The van der Waals surface area contributed by atoms with Crippen molar-refractivity contribution in [1.82, 2.24) is 9.80 Å². The Bertz CT molecular complexity index is 163. The highest BCUT2D eigenvalue weighted by molar-refractivity contribution is 7.98. The minimum Gasteiger partial charge on any atom is -0.344 e. The minimum atomic E-state index is 0.276. The predicted molar refractivity (Wildman–Crippen MR) is 52.2 cm³/mol. The Hall–Kier alpha value is -0.220. The van der Waals surface area contributed by atoms with Gasteiger partial charge in [-0.25, -0.2) is 0 Å². The molecule has 1 amide bonds. The third-order valence-electron chi connectivity index (χ3n) is 2.13. The molecule has 0 aromatic carbocycles. The van der Waals surface area contributed by atoms with Crippen LogP contribution in [0.4, 0.5) is 0 Å². The van der Waals surface area contributed by atoms with Gasteiger partial charge in [-0.3, -0.25) is 9.69 Å². The zero-order valence-electron chi connectivity index (χ0n) is 7.75. The summed E-state index contributed by atoms with van der Waals surface area (Å²) in [6, 6.07) is 0. The molecular weight excluding hydrogens is 172 g/mol. The fourth-order valence-corrected chi connectivity index (χ4v) is 1.91. The van der Waals surface area contributed by atoms with Crippen molar-refractivity contribution < 1.29 is 4.79 Å². The number of thioether (sulfide) groups is 1. The van der Waals surface area contributed by atoms with E-state index in [0.717, 1.165) is 25.5 Å². The fourth-order valence-electron chi connectivity index (χ4n) is 1.28. The van der Waals surface area contributed by atoms with Crippen LogP contribution in [0, 0.1) is 0 Å². The third kappa shape index (κ3) is 2.68. The predicted octanol–water partition coefficient (Wildman–Crippen LogP) is 0.471. The lowest BCUT2D eigenvalue weighted by molar-refractivity contribution is -0.129. The Morgan fingerprint density at radius 3 is 2.83 bits per heavy atom. The number of rotatable bonds is 2. The van der Waals surface area contributed by atoms with Crippen LogP contribution in [0.5, 0.6) is 0 Å². The standard InChI is InChI=1S/C8H16N2OS/c1-9-5-6-10(7-12-2)4-3-8(9)11/h3-7H2,1-2H3. The first-order valence-corrected chi connectivity index (χ1v) is 5.58. The van der Waals surface area contributed by atoms with Gasteiger partial charge in [-0.2, -0.15) is 0 Å². The summed E-state index contributed by atoms with van der Waals surface area (Å²) in [6.45, 7) is 2.81. The number of amides is 1. The first kappa shape index (κ1) is 9.86. The van der Waals surface area contributed by atoms with E-state index in [4.69, 9.17) is 0 Å². The van der Waals surface area contributed by atoms with Crippen molar-refractivity contribution in [2.45, 2.75) is 6.42 Å². The summed E-state index contributed by atoms with van der Waals surface area (Å²) in [4.78, 5) is 15.4. The van der Waals surface area contributed by atoms with Crippen molar-refractivity contribution >= 4 is 17.7 Å². The van der Waals surface area contributed by atoms with Crippen molar-refractivity contribution in [3.8, 4) is 0 Å². The average molecular weight is 188 g/mol. The summed E-state index contributed by atoms with van der Waals surface area (Å²) in [6.07, 6.45) is 2.77. The fraction of sp³-hybridized carbons (Fsp3) is 0.875. The maximum Gasteiger partial charge on any atom is 0.223 e. The van der Waals surface area contributed by atoms with Crippen LogP contribution in [0.3, 0.4) is 0 Å². The number of hydrogen-bond acceptors (Lipinski definition) is 3. The van der Waals surface area contributed by atoms with Crippen LogP contribution >= 0.6 is 11.8 Å². The molecule has 0 atom stereocenters. The number of nitrogens with zero attached hydrogens (tertiary/aromatic N) is 2. The van der Waals surface area contributed by atoms with Gasteiger partial charge in [-0.15, -0.1) is 11.8 Å². The molecule has 0 aromatic heterocycles. The zero-order chi connectivity index (χ0) is 8.97. The van der Waals surface area contributed by atoms with Crippen LogP contribution in [0.1, 0.15) is 6.42 Å². The molecule has 0 aliphatic carbocycles. The molecular formula is C8H16N2OS. The molecule has 70 valence electrons. The lowest BCUT2D eigenvalue weighted by Crippen LogP contribution is -2.29. The summed E-state index contributed by atoms with van der Waals surface area (Å²) >= 11 is 1.82. The molecule has 4 heteroatoms. The molecule has 0 spiro atoms. The van der Waals surface area contributed by atoms with E-state index < -0.39 is 0 Å². The maximum atomic E-state index is 11.3. The molecule has 0 bridgehead atoms. The molecule has 0 unspecified atom stereocenters. The minimum absolute atomic E-state index is 0.276. The van der Waals surface area contributed by atoms with Gasteiger partial charge >= 0.3 is 0 Å². The van der Waals surface area contributed by atoms with E-state index in [1.165, 1.54) is 0 Å². The van der Waals surface area contributed by atoms with Gasteiger partial charge in [0.05, 0.1) is 0 Å². The van der Waals surface area contributed by atoms with E-state index in [1.54, 1.807) is 0 Å². The lowest BCUT2D eigenvalue weighted by Gasteiger charge is -2.17. The first-order valence-electron chi connectivity index (χ1n) is 4.19. The molecule has 1 aliphatic heterocycles. The Kier molecular flexibility index (Phi) is 3.88. The lowest BCUT2D eigenvalue weighted by atomic mass is 10.4. The molecule has 12 heavy (non-hydrogen) atoms. The van der Waals surface area contributed by atoms with E-state index in [-0.39, 0.29) is 5.91 Å². The van der Waals surface area contributed by atoms with Crippen LogP contribution in [-0.2, 0) is 4.79 Å². The van der Waals surface area contributed by atoms with Crippen molar-refractivity contribution in [2.24, 2.45) is 0 Å². The Labute approximate surface area is 78.1 Å². The van der Waals surface area contributed by atoms with Gasteiger partial charge in [-0.1, -0.05) is 0 Å². The molecule has 1 aliphatic rings. The normalized spacial score (nSPS) is 21.2. The Morgan fingerprint density at radius 1 is 1.42 bits per heavy atom. The van der Waals surface area contributed by atoms with Gasteiger partial charge in [0.1, 0.15) is 0 Å². The van der Waals surface area contributed by atoms with Crippen LogP contribution in [0.25, 0.3) is 0 Å². The van der Waals surface area contributed by atoms with Gasteiger partial charge in [0, 0.05) is 39.0 Å². The van der Waals surface area contributed by atoms with E-state index >= 15 is 0 Å². The summed E-state index contributed by atoms with van der Waals surface area (Å²) in [5.74, 6) is 1.32. The number of hydrogen-bond donors (Lipinski definition) is 0. The SMILES string of the molecule is CSCN1CCC(=O)N(C)CC1. The zero-order valence-corrected chi connectivity index (χ0v) is 8.56. The average Bonchev–Trinajstić information content (AvgIpc) is 2.20. The summed E-state index contributed by atoms with van der Waals surface area (Å²) < 4.78 is 0. The molecule has 1 heterocycles. The highest BCUT2D eigenvalue weighted by atomic mass is 32.2. The Morgan fingerprint density at radius 2 is 2.17 bits per heavy atom. The van der Waals surface area contributed by atoms with Gasteiger partial charge in [0.25, 0.3) is 0 Å². The molecule has 1 saturated heterocycles. The van der Waals surface area contributed by atoms with E-state index in [0.29, 0.717) is 6.42 Å². The Balaban J connectivity index is 2.38. The van der Waals surface area contributed by atoms with E-state index in [1.807, 2.05) is 23.7 Å². The molecule has 3 nitrogen and oxygen atoms in total. The summed E-state index contributed by atoms with van der Waals surface area (Å²) in [5, 5.41) is 0. The molecule has 0 radical (unpaired) electrons. The second-order valence-corrected chi connectivity index (χ2v) is 3.94. The summed E-state index contributed by atoms with van der Waals surface area (Å²) in [5.41, 5.74) is 0. The number of likely N-dealkylation sites (N-methyl/N-ethyl adjacent to an activating group) is 1. The molecule has 1 rings (SSSR count). The van der Waals surface area contributed by atoms with Crippen molar-refractivity contribution in [3.63, 3.8) is 0 Å². The molecule has 0 N–H and O–H groups in total. The smallest absolute Gasteiger partial charge is 0.223 e.